The van der Waals surface area contributed by atoms with Crippen molar-refractivity contribution in [2.45, 2.75) is 27.7 Å². The number of aryl methyl sites for hydroxylation is 3. The minimum atomic E-state index is -0.833. The van der Waals surface area contributed by atoms with Gasteiger partial charge in [0.05, 0.1) is 10.7 Å². The fourth-order valence-corrected chi connectivity index (χ4v) is 1.84. The second kappa shape index (κ2) is 9.36. The number of rotatable bonds is 0. The third-order valence-corrected chi connectivity index (χ3v) is 2.79. The minimum absolute atomic E-state index is 0.833. The topological polar surface area (TPSA) is 50.2 Å². The van der Waals surface area contributed by atoms with Gasteiger partial charge in [-0.15, -0.1) is 11.3 Å². The molecule has 0 aliphatic heterocycles. The first kappa shape index (κ1) is 16.3. The highest BCUT2D eigenvalue weighted by Gasteiger charge is 1.95. The van der Waals surface area contributed by atoms with Crippen LogP contribution in [-0.2, 0) is 4.79 Å². The quantitative estimate of drug-likeness (QED) is 0.787. The van der Waals surface area contributed by atoms with E-state index in [1.165, 1.54) is 15.6 Å². The van der Waals surface area contributed by atoms with E-state index in [-0.39, 0.29) is 0 Å². The van der Waals surface area contributed by atoms with Crippen molar-refractivity contribution in [1.29, 1.82) is 0 Å². The molecule has 0 spiro atoms. The Hall–Kier alpha value is -1.68. The SMILES string of the molecule is CC(=O)O.Cc1nc(C)c(C)s1.c1ccccc1. The minimum Gasteiger partial charge on any atom is -0.481 e. The van der Waals surface area contributed by atoms with Gasteiger partial charge in [0.15, 0.2) is 0 Å². The van der Waals surface area contributed by atoms with Crippen LogP contribution in [0.25, 0.3) is 0 Å². The molecule has 98 valence electrons. The van der Waals surface area contributed by atoms with Gasteiger partial charge in [-0.1, -0.05) is 36.4 Å². The number of aliphatic carboxylic acids is 1. The van der Waals surface area contributed by atoms with E-state index in [0.29, 0.717) is 0 Å². The number of benzene rings is 1. The number of hydrogen-bond donors (Lipinski definition) is 1. The summed E-state index contributed by atoms with van der Waals surface area (Å²) in [6, 6.07) is 12.0. The number of thiazole rings is 1. The molecule has 0 fully saturated rings. The molecule has 0 bridgehead atoms. The molecule has 4 heteroatoms. The summed E-state index contributed by atoms with van der Waals surface area (Å²) in [6.07, 6.45) is 0. The molecule has 0 radical (unpaired) electrons. The van der Waals surface area contributed by atoms with Crippen molar-refractivity contribution in [3.8, 4) is 0 Å². The molecule has 2 aromatic rings. The predicted molar refractivity (Wildman–Crippen MR) is 76.1 cm³/mol. The third kappa shape index (κ3) is 9.54. The van der Waals surface area contributed by atoms with Gasteiger partial charge in [0, 0.05) is 11.8 Å². The zero-order chi connectivity index (χ0) is 14.0. The van der Waals surface area contributed by atoms with E-state index in [1.54, 1.807) is 11.3 Å². The molecule has 0 aliphatic carbocycles. The largest absolute Gasteiger partial charge is 0.481 e. The molecule has 0 saturated heterocycles. The van der Waals surface area contributed by atoms with E-state index in [9.17, 15) is 0 Å². The molecule has 0 unspecified atom stereocenters. The molecule has 3 nitrogen and oxygen atoms in total. The van der Waals surface area contributed by atoms with Crippen LogP contribution in [0.5, 0.6) is 0 Å². The Morgan fingerprint density at radius 3 is 1.50 bits per heavy atom. The Labute approximate surface area is 112 Å². The van der Waals surface area contributed by atoms with E-state index in [0.717, 1.165) is 6.92 Å². The normalized spacial score (nSPS) is 8.44. The number of carbonyl (C=O) groups is 1. The van der Waals surface area contributed by atoms with E-state index >= 15 is 0 Å². The lowest BCUT2D eigenvalue weighted by Crippen LogP contribution is -1.78. The van der Waals surface area contributed by atoms with Crippen LogP contribution in [0.3, 0.4) is 0 Å². The monoisotopic (exact) mass is 265 g/mol. The van der Waals surface area contributed by atoms with Gasteiger partial charge < -0.3 is 5.11 Å². The number of carboxylic acid groups (broad SMARTS) is 1. The first-order valence-corrected chi connectivity index (χ1v) is 6.35. The average Bonchev–Trinajstić information content (AvgIpc) is 2.58. The van der Waals surface area contributed by atoms with Crippen LogP contribution >= 0.6 is 11.3 Å². The molecular weight excluding hydrogens is 246 g/mol. The molecular formula is C14H19NO2S. The second-order valence-corrected chi connectivity index (χ2v) is 4.96. The Balaban J connectivity index is 0.000000257. The molecule has 18 heavy (non-hydrogen) atoms. The smallest absolute Gasteiger partial charge is 0.300 e. The van der Waals surface area contributed by atoms with Crippen molar-refractivity contribution in [1.82, 2.24) is 4.98 Å². The van der Waals surface area contributed by atoms with E-state index in [2.05, 4.69) is 11.9 Å². The van der Waals surface area contributed by atoms with Gasteiger partial charge in [-0.05, 0) is 20.8 Å². The van der Waals surface area contributed by atoms with Gasteiger partial charge in [-0.25, -0.2) is 4.98 Å². The second-order valence-electron chi connectivity index (χ2n) is 3.55. The molecule has 2 rings (SSSR count). The van der Waals surface area contributed by atoms with E-state index in [4.69, 9.17) is 9.90 Å². The molecule has 1 aromatic heterocycles. The van der Waals surface area contributed by atoms with Crippen molar-refractivity contribution in [2.24, 2.45) is 0 Å². The highest BCUT2D eigenvalue weighted by atomic mass is 32.1. The van der Waals surface area contributed by atoms with Crippen LogP contribution in [0, 0.1) is 20.8 Å². The Kier molecular flexibility index (Phi) is 8.49. The highest BCUT2D eigenvalue weighted by molar-refractivity contribution is 7.11. The molecule has 1 aromatic carbocycles. The predicted octanol–water partition coefficient (Wildman–Crippen LogP) is 3.85. The lowest BCUT2D eigenvalue weighted by atomic mass is 10.4. The Morgan fingerprint density at radius 1 is 1.06 bits per heavy atom. The zero-order valence-corrected chi connectivity index (χ0v) is 12.0. The lowest BCUT2D eigenvalue weighted by molar-refractivity contribution is -0.134. The average molecular weight is 265 g/mol. The molecule has 0 saturated carbocycles. The summed E-state index contributed by atoms with van der Waals surface area (Å²) in [6.45, 7) is 7.25. The summed E-state index contributed by atoms with van der Waals surface area (Å²) < 4.78 is 0. The van der Waals surface area contributed by atoms with Crippen LogP contribution < -0.4 is 0 Å². The standard InChI is InChI=1S/C6H9NS.C6H6.C2H4O2/c1-4-5(2)8-6(3)7-4;1-2-4-6-5-3-1;1-2(3)4/h1-3H3;1-6H;1H3,(H,3,4). The Bertz CT molecular complexity index is 402. The van der Waals surface area contributed by atoms with Crippen LogP contribution in [0.2, 0.25) is 0 Å². The number of hydrogen-bond acceptors (Lipinski definition) is 3. The third-order valence-electron chi connectivity index (χ3n) is 1.80. The Morgan fingerprint density at radius 2 is 1.39 bits per heavy atom. The van der Waals surface area contributed by atoms with Gasteiger partial charge in [0.2, 0.25) is 0 Å². The van der Waals surface area contributed by atoms with Crippen molar-refractivity contribution >= 4 is 17.3 Å². The molecule has 1 N–H and O–H groups in total. The summed E-state index contributed by atoms with van der Waals surface area (Å²) >= 11 is 1.76. The van der Waals surface area contributed by atoms with Crippen molar-refractivity contribution in [3.63, 3.8) is 0 Å². The summed E-state index contributed by atoms with van der Waals surface area (Å²) in [5, 5.41) is 8.58. The maximum Gasteiger partial charge on any atom is 0.300 e. The zero-order valence-electron chi connectivity index (χ0n) is 11.2. The summed E-state index contributed by atoms with van der Waals surface area (Å²) in [5.41, 5.74) is 1.17. The summed E-state index contributed by atoms with van der Waals surface area (Å²) in [5.74, 6) is -0.833. The van der Waals surface area contributed by atoms with Gasteiger partial charge in [0.25, 0.3) is 5.97 Å². The molecule has 0 atom stereocenters. The van der Waals surface area contributed by atoms with Gasteiger partial charge in [-0.2, -0.15) is 0 Å². The molecule has 0 amide bonds. The van der Waals surface area contributed by atoms with Gasteiger partial charge in [0.1, 0.15) is 0 Å². The van der Waals surface area contributed by atoms with Crippen molar-refractivity contribution in [3.05, 3.63) is 52.0 Å². The maximum absolute atomic E-state index is 9.00. The first-order chi connectivity index (χ1) is 8.43. The molecule has 0 aliphatic rings. The number of carboxylic acids is 1. The van der Waals surface area contributed by atoms with Crippen LogP contribution in [0.15, 0.2) is 36.4 Å². The van der Waals surface area contributed by atoms with E-state index in [1.807, 2.05) is 50.2 Å². The highest BCUT2D eigenvalue weighted by Crippen LogP contribution is 2.14. The fourth-order valence-electron chi connectivity index (χ4n) is 1.02. The number of aromatic nitrogens is 1. The van der Waals surface area contributed by atoms with Crippen molar-refractivity contribution < 1.29 is 9.90 Å². The maximum atomic E-state index is 9.00. The van der Waals surface area contributed by atoms with Crippen LogP contribution in [0.1, 0.15) is 22.5 Å². The van der Waals surface area contributed by atoms with Gasteiger partial charge in [-0.3, -0.25) is 4.79 Å². The summed E-state index contributed by atoms with van der Waals surface area (Å²) in [7, 11) is 0. The number of nitrogens with zero attached hydrogens (tertiary/aromatic N) is 1. The molecule has 1 heterocycles. The van der Waals surface area contributed by atoms with Crippen molar-refractivity contribution in [2.75, 3.05) is 0 Å². The van der Waals surface area contributed by atoms with E-state index < -0.39 is 5.97 Å². The van der Waals surface area contributed by atoms with Crippen LogP contribution in [-0.4, -0.2) is 16.1 Å². The lowest BCUT2D eigenvalue weighted by Gasteiger charge is -1.77. The first-order valence-electron chi connectivity index (χ1n) is 5.53. The fraction of sp³-hybridized carbons (Fsp3) is 0.286. The van der Waals surface area contributed by atoms with Gasteiger partial charge >= 0.3 is 0 Å². The summed E-state index contributed by atoms with van der Waals surface area (Å²) in [4.78, 5) is 14.6. The van der Waals surface area contributed by atoms with Crippen LogP contribution in [0.4, 0.5) is 0 Å².